The van der Waals surface area contributed by atoms with E-state index >= 15 is 0 Å². The Hall–Kier alpha value is -1.18. The van der Waals surface area contributed by atoms with Gasteiger partial charge in [-0.1, -0.05) is 13.8 Å². The smallest absolute Gasteiger partial charge is 0.118 e. The zero-order valence-electron chi connectivity index (χ0n) is 9.17. The monoisotopic (exact) mass is 193 g/mol. The summed E-state index contributed by atoms with van der Waals surface area (Å²) in [5.74, 6) is 0.361. The van der Waals surface area contributed by atoms with E-state index in [1.165, 1.54) is 0 Å². The molecule has 0 saturated heterocycles. The van der Waals surface area contributed by atoms with Gasteiger partial charge in [0, 0.05) is 11.7 Å². The fourth-order valence-electron chi connectivity index (χ4n) is 1.47. The van der Waals surface area contributed by atoms with Crippen LogP contribution in [0, 0.1) is 6.92 Å². The molecular weight excluding hydrogens is 174 g/mol. The maximum Gasteiger partial charge on any atom is 0.118 e. The molecule has 1 rings (SSSR count). The molecule has 0 saturated carbocycles. The molecule has 1 aromatic carbocycles. The van der Waals surface area contributed by atoms with Gasteiger partial charge < -0.3 is 10.4 Å². The quantitative estimate of drug-likeness (QED) is 0.719. The molecule has 2 heteroatoms. The molecule has 78 valence electrons. The molecule has 0 unspecified atom stereocenters. The van der Waals surface area contributed by atoms with Crippen molar-refractivity contribution in [2.75, 3.05) is 5.32 Å². The van der Waals surface area contributed by atoms with Crippen LogP contribution in [0.2, 0.25) is 0 Å². The lowest BCUT2D eigenvalue weighted by atomic mass is 10.1. The second-order valence-corrected chi connectivity index (χ2v) is 3.66. The van der Waals surface area contributed by atoms with Crippen LogP contribution >= 0.6 is 0 Å². The Bertz CT molecular complexity index is 292. The van der Waals surface area contributed by atoms with Gasteiger partial charge in [-0.2, -0.15) is 0 Å². The molecule has 0 radical (unpaired) electrons. The molecule has 0 aromatic heterocycles. The summed E-state index contributed by atoms with van der Waals surface area (Å²) in [6, 6.07) is 6.16. The summed E-state index contributed by atoms with van der Waals surface area (Å²) in [5, 5.41) is 12.8. The number of anilines is 1. The second-order valence-electron chi connectivity index (χ2n) is 3.66. The number of aromatic hydroxyl groups is 1. The lowest BCUT2D eigenvalue weighted by Crippen LogP contribution is -2.16. The molecule has 0 bridgehead atoms. The van der Waals surface area contributed by atoms with Gasteiger partial charge in [0.1, 0.15) is 5.75 Å². The van der Waals surface area contributed by atoms with E-state index in [1.807, 2.05) is 19.1 Å². The van der Waals surface area contributed by atoms with Crippen LogP contribution in [0.25, 0.3) is 0 Å². The zero-order valence-corrected chi connectivity index (χ0v) is 9.17. The zero-order chi connectivity index (χ0) is 10.6. The Morgan fingerprint density at radius 3 is 2.43 bits per heavy atom. The van der Waals surface area contributed by atoms with Crippen molar-refractivity contribution in [2.45, 2.75) is 39.7 Å². The largest absolute Gasteiger partial charge is 0.508 e. The SMILES string of the molecule is CCC(CC)Nc1ccc(O)c(C)c1. The van der Waals surface area contributed by atoms with Gasteiger partial charge in [-0.05, 0) is 43.5 Å². The minimum Gasteiger partial charge on any atom is -0.508 e. The molecule has 0 fully saturated rings. The van der Waals surface area contributed by atoms with Crippen LogP contribution < -0.4 is 5.32 Å². The van der Waals surface area contributed by atoms with Crippen LogP contribution in [0.5, 0.6) is 5.75 Å². The Labute approximate surface area is 86.0 Å². The van der Waals surface area contributed by atoms with Crippen molar-refractivity contribution in [1.29, 1.82) is 0 Å². The lowest BCUT2D eigenvalue weighted by molar-refractivity contribution is 0.471. The van der Waals surface area contributed by atoms with Crippen molar-refractivity contribution in [2.24, 2.45) is 0 Å². The molecule has 0 heterocycles. The van der Waals surface area contributed by atoms with Crippen molar-refractivity contribution in [1.82, 2.24) is 0 Å². The molecule has 0 aliphatic rings. The van der Waals surface area contributed by atoms with Gasteiger partial charge in [0.2, 0.25) is 0 Å². The summed E-state index contributed by atoms with van der Waals surface area (Å²) in [5.41, 5.74) is 2.01. The molecule has 0 spiro atoms. The first kappa shape index (κ1) is 10.9. The van der Waals surface area contributed by atoms with E-state index in [0.717, 1.165) is 24.1 Å². The molecule has 0 aliphatic heterocycles. The second kappa shape index (κ2) is 4.89. The first-order valence-electron chi connectivity index (χ1n) is 5.23. The van der Waals surface area contributed by atoms with Crippen LogP contribution in [0.15, 0.2) is 18.2 Å². The normalized spacial score (nSPS) is 10.6. The molecule has 0 atom stereocenters. The number of aryl methyl sites for hydroxylation is 1. The Morgan fingerprint density at radius 1 is 1.29 bits per heavy atom. The summed E-state index contributed by atoms with van der Waals surface area (Å²) in [4.78, 5) is 0. The Balaban J connectivity index is 2.72. The minimum atomic E-state index is 0.361. The predicted octanol–water partition coefficient (Wildman–Crippen LogP) is 3.30. The highest BCUT2D eigenvalue weighted by Crippen LogP contribution is 2.21. The number of nitrogens with one attached hydrogen (secondary N) is 1. The predicted molar refractivity (Wildman–Crippen MR) is 60.8 cm³/mol. The van der Waals surface area contributed by atoms with Gasteiger partial charge in [0.15, 0.2) is 0 Å². The third-order valence-electron chi connectivity index (χ3n) is 2.55. The van der Waals surface area contributed by atoms with Gasteiger partial charge >= 0.3 is 0 Å². The van der Waals surface area contributed by atoms with E-state index < -0.39 is 0 Å². The minimum absolute atomic E-state index is 0.361. The van der Waals surface area contributed by atoms with E-state index in [-0.39, 0.29) is 0 Å². The van der Waals surface area contributed by atoms with Crippen LogP contribution in [0.3, 0.4) is 0 Å². The highest BCUT2D eigenvalue weighted by molar-refractivity contribution is 5.50. The molecule has 2 nitrogen and oxygen atoms in total. The third-order valence-corrected chi connectivity index (χ3v) is 2.55. The molecule has 14 heavy (non-hydrogen) atoms. The summed E-state index contributed by atoms with van der Waals surface area (Å²) >= 11 is 0. The standard InChI is InChI=1S/C12H19NO/c1-4-10(5-2)13-11-6-7-12(14)9(3)8-11/h6-8,10,13-14H,4-5H2,1-3H3. The molecule has 1 aromatic rings. The fourth-order valence-corrected chi connectivity index (χ4v) is 1.47. The number of rotatable bonds is 4. The van der Waals surface area contributed by atoms with Crippen molar-refractivity contribution in [3.63, 3.8) is 0 Å². The third kappa shape index (κ3) is 2.66. The van der Waals surface area contributed by atoms with Crippen molar-refractivity contribution >= 4 is 5.69 Å². The van der Waals surface area contributed by atoms with E-state index in [2.05, 4.69) is 19.2 Å². The van der Waals surface area contributed by atoms with Gasteiger partial charge in [-0.3, -0.25) is 0 Å². The van der Waals surface area contributed by atoms with Gasteiger partial charge in [-0.25, -0.2) is 0 Å². The fraction of sp³-hybridized carbons (Fsp3) is 0.500. The first-order valence-corrected chi connectivity index (χ1v) is 5.23. The van der Waals surface area contributed by atoms with Crippen molar-refractivity contribution < 1.29 is 5.11 Å². The summed E-state index contributed by atoms with van der Waals surface area (Å²) in [7, 11) is 0. The number of hydrogen-bond donors (Lipinski definition) is 2. The highest BCUT2D eigenvalue weighted by atomic mass is 16.3. The average Bonchev–Trinajstić information content (AvgIpc) is 2.19. The maximum absolute atomic E-state index is 9.36. The van der Waals surface area contributed by atoms with Crippen molar-refractivity contribution in [3.8, 4) is 5.75 Å². The molecular formula is C12H19NO. The van der Waals surface area contributed by atoms with E-state index in [0.29, 0.717) is 11.8 Å². The number of phenols is 1. The number of phenolic OH excluding ortho intramolecular Hbond substituents is 1. The van der Waals surface area contributed by atoms with E-state index in [4.69, 9.17) is 0 Å². The maximum atomic E-state index is 9.36. The Morgan fingerprint density at radius 2 is 1.93 bits per heavy atom. The summed E-state index contributed by atoms with van der Waals surface area (Å²) in [6.45, 7) is 6.26. The number of benzene rings is 1. The van der Waals surface area contributed by atoms with Crippen LogP contribution in [-0.4, -0.2) is 11.1 Å². The van der Waals surface area contributed by atoms with Crippen molar-refractivity contribution in [3.05, 3.63) is 23.8 Å². The molecule has 2 N–H and O–H groups in total. The van der Waals surface area contributed by atoms with Gasteiger partial charge in [0.25, 0.3) is 0 Å². The highest BCUT2D eigenvalue weighted by Gasteiger charge is 2.03. The van der Waals surface area contributed by atoms with Crippen LogP contribution in [-0.2, 0) is 0 Å². The van der Waals surface area contributed by atoms with Crippen LogP contribution in [0.1, 0.15) is 32.3 Å². The Kier molecular flexibility index (Phi) is 3.81. The molecule has 0 amide bonds. The first-order chi connectivity index (χ1) is 6.67. The van der Waals surface area contributed by atoms with Gasteiger partial charge in [0.05, 0.1) is 0 Å². The summed E-state index contributed by atoms with van der Waals surface area (Å²) < 4.78 is 0. The lowest BCUT2D eigenvalue weighted by Gasteiger charge is -2.16. The topological polar surface area (TPSA) is 32.3 Å². The summed E-state index contributed by atoms with van der Waals surface area (Å²) in [6.07, 6.45) is 2.24. The van der Waals surface area contributed by atoms with E-state index in [1.54, 1.807) is 6.07 Å². The van der Waals surface area contributed by atoms with Gasteiger partial charge in [-0.15, -0.1) is 0 Å². The van der Waals surface area contributed by atoms with E-state index in [9.17, 15) is 5.11 Å². The molecule has 0 aliphatic carbocycles. The average molecular weight is 193 g/mol. The number of hydrogen-bond acceptors (Lipinski definition) is 2. The van der Waals surface area contributed by atoms with Crippen LogP contribution in [0.4, 0.5) is 5.69 Å².